The van der Waals surface area contributed by atoms with Crippen molar-refractivity contribution in [3.05, 3.63) is 69.5 Å². The van der Waals surface area contributed by atoms with Crippen LogP contribution >= 0.6 is 0 Å². The second-order valence-corrected chi connectivity index (χ2v) is 4.17. The van der Waals surface area contributed by atoms with Gasteiger partial charge in [0.15, 0.2) is 0 Å². The van der Waals surface area contributed by atoms with Crippen molar-refractivity contribution in [3.8, 4) is 5.75 Å². The lowest BCUT2D eigenvalue weighted by Crippen LogP contribution is -1.97. The number of benzene rings is 2. The molecule has 104 valence electrons. The number of nitrogens with zero attached hydrogens (tertiary/aromatic N) is 1. The van der Waals surface area contributed by atoms with Crippen LogP contribution in [0.25, 0.3) is 0 Å². The van der Waals surface area contributed by atoms with Gasteiger partial charge >= 0.3 is 0 Å². The molecule has 0 heterocycles. The zero-order valence-electron chi connectivity index (χ0n) is 10.5. The van der Waals surface area contributed by atoms with Gasteiger partial charge in [-0.2, -0.15) is 0 Å². The van der Waals surface area contributed by atoms with E-state index < -0.39 is 10.7 Å². The van der Waals surface area contributed by atoms with Gasteiger partial charge in [-0.1, -0.05) is 0 Å². The van der Waals surface area contributed by atoms with Gasteiger partial charge in [0.05, 0.1) is 11.5 Å². The summed E-state index contributed by atoms with van der Waals surface area (Å²) in [6.07, 6.45) is 0. The molecule has 2 rings (SSSR count). The normalized spacial score (nSPS) is 10.3. The van der Waals surface area contributed by atoms with E-state index in [9.17, 15) is 14.5 Å². The van der Waals surface area contributed by atoms with Gasteiger partial charge in [-0.05, 0) is 35.4 Å². The molecule has 0 aromatic heterocycles. The summed E-state index contributed by atoms with van der Waals surface area (Å²) >= 11 is 0. The number of ether oxygens (including phenoxy) is 1. The number of rotatable bonds is 5. The predicted octanol–water partition coefficient (Wildman–Crippen LogP) is 2.81. The first-order chi connectivity index (χ1) is 9.58. The second kappa shape index (κ2) is 6.12. The van der Waals surface area contributed by atoms with Gasteiger partial charge in [0.1, 0.15) is 18.2 Å². The van der Waals surface area contributed by atoms with Crippen molar-refractivity contribution in [3.63, 3.8) is 0 Å². The van der Waals surface area contributed by atoms with Crippen molar-refractivity contribution in [2.24, 2.45) is 0 Å². The van der Waals surface area contributed by atoms with Crippen LogP contribution in [0.4, 0.5) is 10.1 Å². The molecular weight excluding hydrogens is 265 g/mol. The summed E-state index contributed by atoms with van der Waals surface area (Å²) < 4.78 is 18.6. The highest BCUT2D eigenvalue weighted by Crippen LogP contribution is 2.19. The van der Waals surface area contributed by atoms with Gasteiger partial charge < -0.3 is 9.84 Å². The van der Waals surface area contributed by atoms with Gasteiger partial charge in [0.25, 0.3) is 5.69 Å². The maximum atomic E-state index is 13.2. The topological polar surface area (TPSA) is 72.6 Å². The molecule has 2 aromatic rings. The van der Waals surface area contributed by atoms with E-state index >= 15 is 0 Å². The van der Waals surface area contributed by atoms with Crippen LogP contribution in [0.5, 0.6) is 5.75 Å². The van der Waals surface area contributed by atoms with Gasteiger partial charge in [-0.3, -0.25) is 10.1 Å². The van der Waals surface area contributed by atoms with Crippen LogP contribution in [0, 0.1) is 15.9 Å². The Balaban J connectivity index is 2.04. The molecule has 0 aliphatic carbocycles. The first-order valence-electron chi connectivity index (χ1n) is 5.85. The van der Waals surface area contributed by atoms with E-state index in [1.165, 1.54) is 30.3 Å². The molecule has 0 aliphatic heterocycles. The molecule has 0 saturated heterocycles. The second-order valence-electron chi connectivity index (χ2n) is 4.17. The Kier molecular flexibility index (Phi) is 4.27. The summed E-state index contributed by atoms with van der Waals surface area (Å²) in [6.45, 7) is -0.113. The largest absolute Gasteiger partial charge is 0.489 e. The summed E-state index contributed by atoms with van der Waals surface area (Å²) in [4.78, 5) is 10.0. The van der Waals surface area contributed by atoms with E-state index in [2.05, 4.69) is 0 Å². The monoisotopic (exact) mass is 277 g/mol. The number of aliphatic hydroxyl groups is 1. The number of hydrogen-bond donors (Lipinski definition) is 1. The molecule has 6 heteroatoms. The number of nitro groups is 1. The van der Waals surface area contributed by atoms with Gasteiger partial charge in [0.2, 0.25) is 0 Å². The lowest BCUT2D eigenvalue weighted by Gasteiger charge is -2.08. The summed E-state index contributed by atoms with van der Waals surface area (Å²) in [7, 11) is 0. The van der Waals surface area contributed by atoms with E-state index in [1.807, 2.05) is 0 Å². The Hall–Kier alpha value is -2.47. The minimum atomic E-state index is -0.491. The average Bonchev–Trinajstić information content (AvgIpc) is 2.45. The fraction of sp³-hybridized carbons (Fsp3) is 0.143. The number of nitro benzene ring substituents is 1. The van der Waals surface area contributed by atoms with Crippen LogP contribution in [0.2, 0.25) is 0 Å². The van der Waals surface area contributed by atoms with E-state index in [0.717, 1.165) is 5.56 Å². The van der Waals surface area contributed by atoms with Crippen LogP contribution in [-0.4, -0.2) is 10.0 Å². The third kappa shape index (κ3) is 3.52. The molecule has 0 unspecified atom stereocenters. The van der Waals surface area contributed by atoms with Crippen molar-refractivity contribution < 1.29 is 19.2 Å². The minimum Gasteiger partial charge on any atom is -0.489 e. The Morgan fingerprint density at radius 2 is 1.85 bits per heavy atom. The van der Waals surface area contributed by atoms with Crippen molar-refractivity contribution in [1.29, 1.82) is 0 Å². The third-order valence-electron chi connectivity index (χ3n) is 2.67. The molecule has 0 saturated carbocycles. The Morgan fingerprint density at radius 1 is 1.15 bits per heavy atom. The SMILES string of the molecule is O=[N+]([O-])c1ccc(COc2cc(F)cc(CO)c2)cc1. The lowest BCUT2D eigenvalue weighted by molar-refractivity contribution is -0.384. The summed E-state index contributed by atoms with van der Waals surface area (Å²) in [5.74, 6) is -0.192. The molecule has 20 heavy (non-hydrogen) atoms. The summed E-state index contributed by atoms with van der Waals surface area (Å²) in [6, 6.07) is 9.87. The van der Waals surface area contributed by atoms with E-state index in [-0.39, 0.29) is 18.9 Å². The van der Waals surface area contributed by atoms with Crippen molar-refractivity contribution in [1.82, 2.24) is 0 Å². The molecule has 1 N–H and O–H groups in total. The molecule has 0 atom stereocenters. The van der Waals surface area contributed by atoms with E-state index in [1.54, 1.807) is 12.1 Å². The quantitative estimate of drug-likeness (QED) is 0.673. The molecule has 0 bridgehead atoms. The number of non-ortho nitro benzene ring substituents is 1. The van der Waals surface area contributed by atoms with Gasteiger partial charge in [-0.15, -0.1) is 0 Å². The molecule has 0 aliphatic rings. The maximum Gasteiger partial charge on any atom is 0.269 e. The van der Waals surface area contributed by atoms with Crippen LogP contribution < -0.4 is 4.74 Å². The maximum absolute atomic E-state index is 13.2. The third-order valence-corrected chi connectivity index (χ3v) is 2.67. The molecule has 0 amide bonds. The molecule has 0 radical (unpaired) electrons. The smallest absolute Gasteiger partial charge is 0.269 e. The lowest BCUT2D eigenvalue weighted by atomic mass is 10.2. The van der Waals surface area contributed by atoms with Crippen molar-refractivity contribution in [2.75, 3.05) is 0 Å². The van der Waals surface area contributed by atoms with Crippen LogP contribution in [-0.2, 0) is 13.2 Å². The minimum absolute atomic E-state index is 0.00192. The highest BCUT2D eigenvalue weighted by atomic mass is 19.1. The van der Waals surface area contributed by atoms with Crippen molar-refractivity contribution in [2.45, 2.75) is 13.2 Å². The fourth-order valence-electron chi connectivity index (χ4n) is 1.68. The van der Waals surface area contributed by atoms with Crippen LogP contribution in [0.3, 0.4) is 0 Å². The van der Waals surface area contributed by atoms with Crippen LogP contribution in [0.1, 0.15) is 11.1 Å². The van der Waals surface area contributed by atoms with Crippen molar-refractivity contribution >= 4 is 5.69 Å². The van der Waals surface area contributed by atoms with E-state index in [4.69, 9.17) is 9.84 Å². The standard InChI is InChI=1S/C14H12FNO4/c15-12-5-11(8-17)6-14(7-12)20-9-10-1-3-13(4-2-10)16(18)19/h1-7,17H,8-9H2. The Morgan fingerprint density at radius 3 is 2.45 bits per heavy atom. The average molecular weight is 277 g/mol. The number of hydrogen-bond acceptors (Lipinski definition) is 4. The first-order valence-corrected chi connectivity index (χ1v) is 5.85. The highest BCUT2D eigenvalue weighted by Gasteiger charge is 2.05. The molecular formula is C14H12FNO4. The molecule has 0 fully saturated rings. The fourth-order valence-corrected chi connectivity index (χ4v) is 1.68. The van der Waals surface area contributed by atoms with Gasteiger partial charge in [-0.25, -0.2) is 4.39 Å². The van der Waals surface area contributed by atoms with E-state index in [0.29, 0.717) is 11.3 Å². The Labute approximate surface area is 114 Å². The Bertz CT molecular complexity index is 613. The molecule has 5 nitrogen and oxygen atoms in total. The summed E-state index contributed by atoms with van der Waals surface area (Å²) in [5, 5.41) is 19.5. The highest BCUT2D eigenvalue weighted by molar-refractivity contribution is 5.33. The molecule has 2 aromatic carbocycles. The molecule has 0 spiro atoms. The number of aliphatic hydroxyl groups excluding tert-OH is 1. The zero-order valence-corrected chi connectivity index (χ0v) is 10.5. The van der Waals surface area contributed by atoms with Crippen LogP contribution in [0.15, 0.2) is 42.5 Å². The predicted molar refractivity (Wildman–Crippen MR) is 69.8 cm³/mol. The zero-order chi connectivity index (χ0) is 14.5. The number of halogens is 1. The van der Waals surface area contributed by atoms with Gasteiger partial charge in [0, 0.05) is 18.2 Å². The summed E-state index contributed by atoms with van der Waals surface area (Å²) in [5.41, 5.74) is 1.15. The first kappa shape index (κ1) is 14.0.